The lowest BCUT2D eigenvalue weighted by Crippen LogP contribution is -2.58. The van der Waals surface area contributed by atoms with E-state index >= 15 is 0 Å². The Morgan fingerprint density at radius 1 is 1.16 bits per heavy atom. The summed E-state index contributed by atoms with van der Waals surface area (Å²) in [5.74, 6) is 3.75. The van der Waals surface area contributed by atoms with Gasteiger partial charge in [-0.05, 0) is 101 Å². The highest BCUT2D eigenvalue weighted by molar-refractivity contribution is 5.90. The minimum Gasteiger partial charge on any atom is -0.392 e. The zero-order valence-electron chi connectivity index (χ0n) is 21.1. The van der Waals surface area contributed by atoms with Crippen molar-refractivity contribution >= 4 is 5.78 Å². The average Bonchev–Trinajstić information content (AvgIpc) is 3.04. The van der Waals surface area contributed by atoms with Crippen molar-refractivity contribution in [1.82, 2.24) is 0 Å². The van der Waals surface area contributed by atoms with Gasteiger partial charge >= 0.3 is 0 Å². The molecule has 3 fully saturated rings. The number of carbonyl (C=O) groups excluding carboxylic acids is 1. The molecule has 1 N–H and O–H groups in total. The van der Waals surface area contributed by atoms with Crippen LogP contribution in [-0.4, -0.2) is 17.0 Å². The maximum absolute atomic E-state index is 13.4. The molecule has 1 unspecified atom stereocenters. The van der Waals surface area contributed by atoms with Crippen molar-refractivity contribution in [3.63, 3.8) is 0 Å². The van der Waals surface area contributed by atoms with Crippen molar-refractivity contribution in [2.45, 2.75) is 106 Å². The van der Waals surface area contributed by atoms with E-state index in [1.807, 2.05) is 0 Å². The van der Waals surface area contributed by atoms with Crippen LogP contribution in [0.15, 0.2) is 23.3 Å². The molecular weight excluding hydrogens is 380 g/mol. The van der Waals surface area contributed by atoms with E-state index in [4.69, 9.17) is 0 Å². The van der Waals surface area contributed by atoms with Gasteiger partial charge in [-0.3, -0.25) is 4.79 Å². The lowest BCUT2D eigenvalue weighted by Gasteiger charge is -2.60. The van der Waals surface area contributed by atoms with Crippen molar-refractivity contribution in [1.29, 1.82) is 0 Å². The Balaban J connectivity index is 1.60. The predicted molar refractivity (Wildman–Crippen MR) is 129 cm³/mol. The third-order valence-corrected chi connectivity index (χ3v) is 10.8. The zero-order valence-corrected chi connectivity index (χ0v) is 21.1. The Bertz CT molecular complexity index is 785. The smallest absolute Gasteiger partial charge is 0.145 e. The van der Waals surface area contributed by atoms with Crippen molar-refractivity contribution in [2.75, 3.05) is 0 Å². The first-order valence-electron chi connectivity index (χ1n) is 13.0. The van der Waals surface area contributed by atoms with Gasteiger partial charge in [-0.2, -0.15) is 0 Å². The molecule has 2 nitrogen and oxygen atoms in total. The van der Waals surface area contributed by atoms with E-state index in [9.17, 15) is 9.90 Å². The van der Waals surface area contributed by atoms with Gasteiger partial charge in [-0.15, -0.1) is 0 Å². The highest BCUT2D eigenvalue weighted by Crippen LogP contribution is 2.68. The van der Waals surface area contributed by atoms with Gasteiger partial charge in [0.1, 0.15) is 5.78 Å². The molecule has 0 saturated heterocycles. The molecule has 0 aliphatic heterocycles. The molecule has 0 heterocycles. The second-order valence-corrected chi connectivity index (χ2v) is 12.9. The molecule has 174 valence electrons. The number of ketones is 1. The SMILES string of the molecule is CC(C)=CCC[C@@H](C)[C@H]1CC[C@H]2[C@@H]3CC=C4C(C)(C)C(O)CC(=O)[C@]4(C)[C@H]3CC[C@]12C. The molecule has 31 heavy (non-hydrogen) atoms. The minimum absolute atomic E-state index is 0.286. The molecular formula is C29H46O2. The Morgan fingerprint density at radius 2 is 1.87 bits per heavy atom. The Morgan fingerprint density at radius 3 is 2.55 bits per heavy atom. The topological polar surface area (TPSA) is 37.3 Å². The van der Waals surface area contributed by atoms with Crippen LogP contribution < -0.4 is 0 Å². The van der Waals surface area contributed by atoms with Crippen LogP contribution in [0.5, 0.6) is 0 Å². The fourth-order valence-corrected chi connectivity index (χ4v) is 8.92. The number of rotatable bonds is 4. The normalized spacial score (nSPS) is 44.6. The van der Waals surface area contributed by atoms with E-state index in [1.165, 1.54) is 49.7 Å². The molecule has 4 aliphatic rings. The second-order valence-electron chi connectivity index (χ2n) is 12.9. The quantitative estimate of drug-likeness (QED) is 0.486. The largest absolute Gasteiger partial charge is 0.392 e. The molecule has 0 radical (unpaired) electrons. The van der Waals surface area contributed by atoms with Crippen LogP contribution in [0.3, 0.4) is 0 Å². The Labute approximate surface area is 191 Å². The van der Waals surface area contributed by atoms with Gasteiger partial charge in [0.05, 0.1) is 11.5 Å². The Hall–Kier alpha value is -0.890. The number of aliphatic hydroxyl groups is 1. The summed E-state index contributed by atoms with van der Waals surface area (Å²) >= 11 is 0. The minimum atomic E-state index is -0.540. The number of Topliss-reactive ketones (excluding diaryl/α,β-unsaturated/α-hetero) is 1. The number of carbonyl (C=O) groups is 1. The molecule has 4 rings (SSSR count). The van der Waals surface area contributed by atoms with E-state index in [1.54, 1.807) is 0 Å². The van der Waals surface area contributed by atoms with Crippen LogP contribution in [0.2, 0.25) is 0 Å². The molecule has 4 aliphatic carbocycles. The molecule has 0 aromatic rings. The van der Waals surface area contributed by atoms with Crippen molar-refractivity contribution < 1.29 is 9.90 Å². The van der Waals surface area contributed by atoms with E-state index in [0.29, 0.717) is 29.5 Å². The molecule has 2 heteroatoms. The summed E-state index contributed by atoms with van der Waals surface area (Å²) in [6.07, 6.45) is 13.4. The van der Waals surface area contributed by atoms with Crippen molar-refractivity contribution in [2.24, 2.45) is 45.8 Å². The second kappa shape index (κ2) is 7.86. The fraction of sp³-hybridized carbons (Fsp3) is 0.828. The average molecular weight is 427 g/mol. The van der Waals surface area contributed by atoms with Crippen LogP contribution in [0.25, 0.3) is 0 Å². The Kier molecular flexibility index (Phi) is 5.90. The predicted octanol–water partition coefficient (Wildman–Crippen LogP) is 7.12. The monoisotopic (exact) mass is 426 g/mol. The van der Waals surface area contributed by atoms with Crippen LogP contribution in [-0.2, 0) is 4.79 Å². The van der Waals surface area contributed by atoms with Crippen molar-refractivity contribution in [3.05, 3.63) is 23.3 Å². The van der Waals surface area contributed by atoms with Crippen LogP contribution in [0.4, 0.5) is 0 Å². The van der Waals surface area contributed by atoms with Crippen LogP contribution in [0, 0.1) is 45.8 Å². The number of hydrogen-bond donors (Lipinski definition) is 1. The van der Waals surface area contributed by atoms with E-state index in [2.05, 4.69) is 60.6 Å². The number of aliphatic hydroxyl groups excluding tert-OH is 1. The van der Waals surface area contributed by atoms with E-state index < -0.39 is 6.10 Å². The molecule has 8 atom stereocenters. The van der Waals surface area contributed by atoms with Gasteiger partial charge in [0.15, 0.2) is 0 Å². The molecule has 0 aromatic heterocycles. The summed E-state index contributed by atoms with van der Waals surface area (Å²) in [4.78, 5) is 13.4. The van der Waals surface area contributed by atoms with Gasteiger partial charge in [0.25, 0.3) is 0 Å². The summed E-state index contributed by atoms with van der Waals surface area (Å²) in [5.41, 5.74) is 2.47. The van der Waals surface area contributed by atoms with Gasteiger partial charge in [0.2, 0.25) is 0 Å². The lowest BCUT2D eigenvalue weighted by atomic mass is 9.44. The molecule has 0 aromatic carbocycles. The van der Waals surface area contributed by atoms with E-state index in [-0.39, 0.29) is 10.8 Å². The van der Waals surface area contributed by atoms with Crippen LogP contribution >= 0.6 is 0 Å². The maximum atomic E-state index is 13.4. The first-order chi connectivity index (χ1) is 14.4. The number of allylic oxidation sites excluding steroid dienone is 3. The lowest BCUT2D eigenvalue weighted by molar-refractivity contribution is -0.146. The highest BCUT2D eigenvalue weighted by atomic mass is 16.3. The van der Waals surface area contributed by atoms with Gasteiger partial charge < -0.3 is 5.11 Å². The summed E-state index contributed by atoms with van der Waals surface area (Å²) in [6.45, 7) is 16.1. The number of hydrogen-bond acceptors (Lipinski definition) is 2. The number of fused-ring (bicyclic) bond motifs is 5. The molecule has 3 saturated carbocycles. The third-order valence-electron chi connectivity index (χ3n) is 10.8. The summed E-state index contributed by atoms with van der Waals surface area (Å²) in [6, 6.07) is 0. The maximum Gasteiger partial charge on any atom is 0.145 e. The summed E-state index contributed by atoms with van der Waals surface area (Å²) in [7, 11) is 0. The molecule has 0 bridgehead atoms. The standard InChI is InChI=1S/C29H46O2/c1-18(2)9-8-10-19(3)21-12-13-22-20-11-14-24-27(4,5)25(30)17-26(31)29(24,7)23(20)15-16-28(21,22)6/h9,14,19-23,25,30H,8,10-13,15-17H2,1-7H3/t19-,20+,21-,22+,23+,25?,28-,29-/m1/s1. The first-order valence-corrected chi connectivity index (χ1v) is 13.0. The fourth-order valence-electron chi connectivity index (χ4n) is 8.92. The highest BCUT2D eigenvalue weighted by Gasteiger charge is 2.63. The van der Waals surface area contributed by atoms with Crippen LogP contribution in [0.1, 0.15) is 99.8 Å². The molecule has 0 amide bonds. The zero-order chi connectivity index (χ0) is 22.8. The third kappa shape index (κ3) is 3.42. The van der Waals surface area contributed by atoms with Gasteiger partial charge in [-0.25, -0.2) is 0 Å². The van der Waals surface area contributed by atoms with Gasteiger partial charge in [0, 0.05) is 11.8 Å². The van der Waals surface area contributed by atoms with Gasteiger partial charge in [-0.1, -0.05) is 51.0 Å². The van der Waals surface area contributed by atoms with Crippen molar-refractivity contribution in [3.8, 4) is 0 Å². The first kappa shape index (κ1) is 23.3. The molecule has 0 spiro atoms. The summed E-state index contributed by atoms with van der Waals surface area (Å²) < 4.78 is 0. The summed E-state index contributed by atoms with van der Waals surface area (Å²) in [5, 5.41) is 10.7. The van der Waals surface area contributed by atoms with E-state index in [0.717, 1.165) is 24.2 Å².